The van der Waals surface area contributed by atoms with Crippen LogP contribution >= 0.6 is 11.8 Å². The molecule has 2 fully saturated rings. The van der Waals surface area contributed by atoms with Crippen LogP contribution in [0.3, 0.4) is 0 Å². The number of rotatable bonds is 8. The van der Waals surface area contributed by atoms with Crippen molar-refractivity contribution < 1.29 is 22.7 Å². The van der Waals surface area contributed by atoms with E-state index >= 15 is 0 Å². The van der Waals surface area contributed by atoms with Crippen molar-refractivity contribution in [3.63, 3.8) is 0 Å². The van der Waals surface area contributed by atoms with Crippen molar-refractivity contribution in [3.8, 4) is 0 Å². The van der Waals surface area contributed by atoms with Crippen LogP contribution in [0.15, 0.2) is 91.0 Å². The SMILES string of the molecule is CC1(C)S[C@@H]2[C@H](NS(=O)(=O)Nc3ccccc3)C(=O)N2[C@H]1C(=O)OC(c1ccccc1)c1ccccc1. The molecule has 0 radical (unpaired) electrons. The molecule has 0 aromatic heterocycles. The fourth-order valence-electron chi connectivity index (χ4n) is 4.72. The highest BCUT2D eigenvalue weighted by atomic mass is 32.2. The molecule has 0 spiro atoms. The first-order valence-corrected chi connectivity index (χ1v) is 14.2. The van der Waals surface area contributed by atoms with Crippen molar-refractivity contribution in [2.75, 3.05) is 4.72 Å². The van der Waals surface area contributed by atoms with Crippen LogP contribution in [0.1, 0.15) is 31.1 Å². The number of carbonyl (C=O) groups excluding carboxylic acids is 2. The van der Waals surface area contributed by atoms with E-state index in [4.69, 9.17) is 4.74 Å². The Bertz CT molecular complexity index is 1350. The molecule has 0 aliphatic carbocycles. The molecule has 2 saturated heterocycles. The number of hydrogen-bond acceptors (Lipinski definition) is 6. The van der Waals surface area contributed by atoms with Gasteiger partial charge >= 0.3 is 5.97 Å². The second kappa shape index (κ2) is 9.85. The number of benzene rings is 3. The van der Waals surface area contributed by atoms with E-state index in [9.17, 15) is 18.0 Å². The van der Waals surface area contributed by atoms with Crippen LogP contribution in [-0.2, 0) is 24.5 Å². The minimum atomic E-state index is -4.01. The van der Waals surface area contributed by atoms with Gasteiger partial charge in [0.1, 0.15) is 17.5 Å². The minimum absolute atomic E-state index is 0.382. The van der Waals surface area contributed by atoms with Crippen molar-refractivity contribution in [3.05, 3.63) is 102 Å². The summed E-state index contributed by atoms with van der Waals surface area (Å²) in [5.41, 5.74) is 2.01. The summed E-state index contributed by atoms with van der Waals surface area (Å²) in [6.07, 6.45) is -0.643. The number of nitrogens with zero attached hydrogens (tertiary/aromatic N) is 1. The second-order valence-corrected chi connectivity index (χ2v) is 12.7. The average Bonchev–Trinajstić information content (AvgIpc) is 3.15. The molecule has 2 N–H and O–H groups in total. The third-order valence-electron chi connectivity index (χ3n) is 6.41. The van der Waals surface area contributed by atoms with Crippen LogP contribution < -0.4 is 9.44 Å². The van der Waals surface area contributed by atoms with E-state index < -0.39 is 50.4 Å². The van der Waals surface area contributed by atoms with Gasteiger partial charge in [-0.1, -0.05) is 78.9 Å². The molecule has 1 amide bonds. The van der Waals surface area contributed by atoms with Gasteiger partial charge in [0.05, 0.1) is 0 Å². The van der Waals surface area contributed by atoms with E-state index in [-0.39, 0.29) is 0 Å². The molecule has 0 bridgehead atoms. The molecule has 0 unspecified atom stereocenters. The van der Waals surface area contributed by atoms with Gasteiger partial charge in [-0.25, -0.2) is 4.79 Å². The van der Waals surface area contributed by atoms with Gasteiger partial charge in [-0.15, -0.1) is 11.8 Å². The topological polar surface area (TPSA) is 105 Å². The van der Waals surface area contributed by atoms with Crippen molar-refractivity contribution in [1.82, 2.24) is 9.62 Å². The Morgan fingerprint density at radius 2 is 1.43 bits per heavy atom. The number of amides is 1. The van der Waals surface area contributed by atoms with Crippen molar-refractivity contribution in [1.29, 1.82) is 0 Å². The molecule has 192 valence electrons. The highest BCUT2D eigenvalue weighted by molar-refractivity contribution is 8.01. The molecule has 3 atom stereocenters. The van der Waals surface area contributed by atoms with E-state index in [0.717, 1.165) is 11.1 Å². The normalized spacial score (nSPS) is 22.3. The average molecular weight is 538 g/mol. The van der Waals surface area contributed by atoms with E-state index in [1.807, 2.05) is 74.5 Å². The lowest BCUT2D eigenvalue weighted by molar-refractivity contribution is -0.165. The number of esters is 1. The molecule has 10 heteroatoms. The fraction of sp³-hybridized carbons (Fsp3) is 0.259. The van der Waals surface area contributed by atoms with Crippen LogP contribution in [0.2, 0.25) is 0 Å². The monoisotopic (exact) mass is 537 g/mol. The summed E-state index contributed by atoms with van der Waals surface area (Å²) in [7, 11) is -4.01. The van der Waals surface area contributed by atoms with Crippen molar-refractivity contribution in [2.45, 2.75) is 42.2 Å². The molecule has 5 rings (SSSR count). The first kappa shape index (κ1) is 25.3. The summed E-state index contributed by atoms with van der Waals surface area (Å²) in [6, 6.07) is 25.4. The number of para-hydroxylation sites is 1. The molecule has 0 saturated carbocycles. The summed E-state index contributed by atoms with van der Waals surface area (Å²) in [4.78, 5) is 28.2. The third-order valence-corrected chi connectivity index (χ3v) is 9.05. The zero-order valence-corrected chi connectivity index (χ0v) is 21.9. The summed E-state index contributed by atoms with van der Waals surface area (Å²) >= 11 is 1.38. The first-order valence-electron chi connectivity index (χ1n) is 11.8. The second-order valence-electron chi connectivity index (χ2n) is 9.47. The maximum absolute atomic E-state index is 13.6. The smallest absolute Gasteiger partial charge is 0.331 e. The lowest BCUT2D eigenvalue weighted by Crippen LogP contribution is -2.71. The fourth-order valence-corrected chi connectivity index (χ4v) is 7.50. The van der Waals surface area contributed by atoms with Crippen LogP contribution in [-0.4, -0.2) is 47.4 Å². The van der Waals surface area contributed by atoms with Crippen LogP contribution in [0.5, 0.6) is 0 Å². The van der Waals surface area contributed by atoms with Gasteiger partial charge in [-0.2, -0.15) is 13.1 Å². The Morgan fingerprint density at radius 1 is 0.919 bits per heavy atom. The van der Waals surface area contributed by atoms with Gasteiger partial charge in [0.15, 0.2) is 6.10 Å². The minimum Gasteiger partial charge on any atom is -0.451 e. The Labute approximate surface area is 220 Å². The standard InChI is InChI=1S/C27H27N3O5S2/c1-27(2)23(26(32)35-22(18-12-6-3-7-13-18)19-14-8-4-9-15-19)30-24(31)21(25(30)36-27)29-37(33,34)28-20-16-10-5-11-17-20/h3-17,21-23,25,28-29H,1-2H3/t21-,23+,25-/m1/s1. The molecular formula is C27H27N3O5S2. The van der Waals surface area contributed by atoms with Gasteiger partial charge in [0, 0.05) is 10.4 Å². The first-order chi connectivity index (χ1) is 17.7. The van der Waals surface area contributed by atoms with Crippen LogP contribution in [0, 0.1) is 0 Å². The number of carbonyl (C=O) groups is 2. The van der Waals surface area contributed by atoms with Crippen LogP contribution in [0.4, 0.5) is 5.69 Å². The molecular weight excluding hydrogens is 510 g/mol. The maximum Gasteiger partial charge on any atom is 0.331 e. The number of ether oxygens (including phenoxy) is 1. The lowest BCUT2D eigenvalue weighted by atomic mass is 9.96. The predicted molar refractivity (Wildman–Crippen MR) is 143 cm³/mol. The lowest BCUT2D eigenvalue weighted by Gasteiger charge is -2.43. The number of fused-ring (bicyclic) bond motifs is 1. The molecule has 3 aromatic carbocycles. The van der Waals surface area contributed by atoms with Gasteiger partial charge in [-0.05, 0) is 37.1 Å². The van der Waals surface area contributed by atoms with E-state index in [1.165, 1.54) is 16.7 Å². The quantitative estimate of drug-likeness (QED) is 0.336. The Hall–Kier alpha value is -3.34. The molecule has 2 aliphatic rings. The van der Waals surface area contributed by atoms with Crippen molar-refractivity contribution in [2.24, 2.45) is 0 Å². The molecule has 37 heavy (non-hydrogen) atoms. The van der Waals surface area contributed by atoms with E-state index in [0.29, 0.717) is 5.69 Å². The van der Waals surface area contributed by atoms with Gasteiger partial charge in [-0.3, -0.25) is 9.52 Å². The number of thioether (sulfide) groups is 1. The molecule has 3 aromatic rings. The third kappa shape index (κ3) is 5.09. The highest BCUT2D eigenvalue weighted by Gasteiger charge is 2.65. The van der Waals surface area contributed by atoms with Crippen LogP contribution in [0.25, 0.3) is 0 Å². The largest absolute Gasteiger partial charge is 0.451 e. The zero-order chi connectivity index (χ0) is 26.2. The number of β-lactam (4-membered cyclic amide) rings is 1. The highest BCUT2D eigenvalue weighted by Crippen LogP contribution is 2.51. The Balaban J connectivity index is 1.34. The summed E-state index contributed by atoms with van der Waals surface area (Å²) < 4.78 is 35.6. The molecule has 2 aliphatic heterocycles. The van der Waals surface area contributed by atoms with Crippen molar-refractivity contribution >= 4 is 39.5 Å². The summed E-state index contributed by atoms with van der Waals surface area (Å²) in [5.74, 6) is -0.991. The predicted octanol–water partition coefficient (Wildman–Crippen LogP) is 3.70. The number of hydrogen-bond donors (Lipinski definition) is 2. The zero-order valence-electron chi connectivity index (χ0n) is 20.3. The summed E-state index contributed by atoms with van der Waals surface area (Å²) in [6.45, 7) is 3.73. The summed E-state index contributed by atoms with van der Waals surface area (Å²) in [5, 5.41) is -0.528. The van der Waals surface area contributed by atoms with E-state index in [1.54, 1.807) is 30.3 Å². The Kier molecular flexibility index (Phi) is 6.74. The van der Waals surface area contributed by atoms with Gasteiger partial charge in [0.25, 0.3) is 10.2 Å². The maximum atomic E-state index is 13.6. The van der Waals surface area contributed by atoms with E-state index in [2.05, 4.69) is 9.44 Å². The number of anilines is 1. The number of nitrogens with one attached hydrogen (secondary N) is 2. The molecule has 8 nitrogen and oxygen atoms in total. The molecule has 2 heterocycles. The van der Waals surface area contributed by atoms with Gasteiger partial charge < -0.3 is 9.64 Å². The van der Waals surface area contributed by atoms with Gasteiger partial charge in [0.2, 0.25) is 5.91 Å². The Morgan fingerprint density at radius 3 is 1.97 bits per heavy atom.